The number of carbonyl (C=O) groups is 1. The second-order valence-corrected chi connectivity index (χ2v) is 3.75. The summed E-state index contributed by atoms with van der Waals surface area (Å²) < 4.78 is 25.6. The van der Waals surface area contributed by atoms with Crippen LogP contribution in [-0.2, 0) is 4.79 Å². The first kappa shape index (κ1) is 11.9. The van der Waals surface area contributed by atoms with Crippen molar-refractivity contribution in [3.63, 3.8) is 0 Å². The highest BCUT2D eigenvalue weighted by atomic mass is 32.2. The highest BCUT2D eigenvalue weighted by Gasteiger charge is 2.35. The lowest BCUT2D eigenvalue weighted by Gasteiger charge is -2.07. The minimum absolute atomic E-state index is 0.236. The van der Waals surface area contributed by atoms with Crippen molar-refractivity contribution in [3.05, 3.63) is 42.0 Å². The summed E-state index contributed by atoms with van der Waals surface area (Å²) in [6.07, 6.45) is 3.49. The predicted octanol–water partition coefficient (Wildman–Crippen LogP) is 3.22. The Morgan fingerprint density at radius 3 is 2.47 bits per heavy atom. The zero-order valence-corrected chi connectivity index (χ0v) is 8.93. The normalized spacial score (nSPS) is 11.9. The van der Waals surface area contributed by atoms with Crippen molar-refractivity contribution >= 4 is 23.6 Å². The molecule has 1 aromatic rings. The summed E-state index contributed by atoms with van der Waals surface area (Å²) in [5.74, 6) is -1.18. The van der Waals surface area contributed by atoms with Crippen molar-refractivity contribution in [2.75, 3.05) is 6.26 Å². The van der Waals surface area contributed by atoms with Gasteiger partial charge in [0.05, 0.1) is 0 Å². The van der Waals surface area contributed by atoms with Gasteiger partial charge in [-0.2, -0.15) is 8.78 Å². The number of thioether (sulfide) groups is 1. The van der Waals surface area contributed by atoms with Crippen molar-refractivity contribution in [2.24, 2.45) is 0 Å². The molecule has 0 bridgehead atoms. The summed E-state index contributed by atoms with van der Waals surface area (Å²) in [7, 11) is 0. The quantitative estimate of drug-likeness (QED) is 0.736. The van der Waals surface area contributed by atoms with Gasteiger partial charge < -0.3 is 0 Å². The maximum Gasteiger partial charge on any atom is 0.355 e. The third-order valence-electron chi connectivity index (χ3n) is 1.77. The smallest absolute Gasteiger partial charge is 0.287 e. The lowest BCUT2D eigenvalue weighted by molar-refractivity contribution is -0.127. The largest absolute Gasteiger partial charge is 0.355 e. The minimum atomic E-state index is -3.33. The van der Waals surface area contributed by atoms with Crippen molar-refractivity contribution in [1.82, 2.24) is 0 Å². The number of benzene rings is 1. The maximum absolute atomic E-state index is 12.8. The third-order valence-corrected chi connectivity index (χ3v) is 2.48. The summed E-state index contributed by atoms with van der Waals surface area (Å²) >= 11 is 0.236. The average molecular weight is 228 g/mol. The molecule has 0 radical (unpaired) electrons. The van der Waals surface area contributed by atoms with Gasteiger partial charge in [-0.25, -0.2) is 0 Å². The average Bonchev–Trinajstić information content (AvgIpc) is 2.27. The van der Waals surface area contributed by atoms with Crippen LogP contribution in [0.4, 0.5) is 8.78 Å². The molecule has 1 nitrogen and oxygen atoms in total. The number of rotatable bonds is 4. The molecule has 0 aliphatic heterocycles. The Morgan fingerprint density at radius 2 is 1.93 bits per heavy atom. The zero-order chi connectivity index (χ0) is 11.3. The van der Waals surface area contributed by atoms with Crippen LogP contribution >= 0.6 is 11.8 Å². The number of hydrogen-bond donors (Lipinski definition) is 0. The van der Waals surface area contributed by atoms with E-state index in [4.69, 9.17) is 0 Å². The molecule has 0 heterocycles. The van der Waals surface area contributed by atoms with Crippen LogP contribution in [0.5, 0.6) is 0 Å². The van der Waals surface area contributed by atoms with Gasteiger partial charge in [0.25, 0.3) is 0 Å². The number of carbonyl (C=O) groups excluding carboxylic acids is 1. The van der Waals surface area contributed by atoms with E-state index in [0.717, 1.165) is 11.6 Å². The van der Waals surface area contributed by atoms with Gasteiger partial charge in [0.15, 0.2) is 0 Å². The molecule has 0 amide bonds. The van der Waals surface area contributed by atoms with Gasteiger partial charge in [0.2, 0.25) is 5.78 Å². The maximum atomic E-state index is 12.8. The molecule has 0 atom stereocenters. The van der Waals surface area contributed by atoms with E-state index in [-0.39, 0.29) is 11.8 Å². The molecule has 1 rings (SSSR count). The Bertz CT molecular complexity index is 360. The number of hydrogen-bond acceptors (Lipinski definition) is 2. The van der Waals surface area contributed by atoms with E-state index >= 15 is 0 Å². The van der Waals surface area contributed by atoms with Crippen LogP contribution in [0.15, 0.2) is 36.4 Å². The van der Waals surface area contributed by atoms with Crippen molar-refractivity contribution < 1.29 is 13.6 Å². The van der Waals surface area contributed by atoms with Crippen LogP contribution in [0.3, 0.4) is 0 Å². The highest BCUT2D eigenvalue weighted by molar-refractivity contribution is 8.00. The van der Waals surface area contributed by atoms with Crippen molar-refractivity contribution in [1.29, 1.82) is 0 Å². The van der Waals surface area contributed by atoms with Crippen molar-refractivity contribution in [2.45, 2.75) is 5.25 Å². The Labute approximate surface area is 91.2 Å². The minimum Gasteiger partial charge on any atom is -0.287 e. The zero-order valence-electron chi connectivity index (χ0n) is 8.11. The van der Waals surface area contributed by atoms with E-state index in [9.17, 15) is 13.6 Å². The Kier molecular flexibility index (Phi) is 4.03. The van der Waals surface area contributed by atoms with Gasteiger partial charge in [-0.15, -0.1) is 0 Å². The lowest BCUT2D eigenvalue weighted by Crippen LogP contribution is -2.21. The molecule has 0 fully saturated rings. The topological polar surface area (TPSA) is 17.1 Å². The van der Waals surface area contributed by atoms with Crippen LogP contribution in [0.2, 0.25) is 0 Å². The molecular formula is C11H10F2OS. The molecule has 0 aliphatic rings. The van der Waals surface area contributed by atoms with Crippen LogP contribution in [0.25, 0.3) is 6.08 Å². The first-order chi connectivity index (χ1) is 7.06. The van der Waals surface area contributed by atoms with E-state index in [2.05, 4.69) is 0 Å². The number of ketones is 1. The highest BCUT2D eigenvalue weighted by Crippen LogP contribution is 2.27. The van der Waals surface area contributed by atoms with E-state index in [1.54, 1.807) is 24.3 Å². The SMILES string of the molecule is CSC(F)(F)C(=O)C=Cc1ccccc1. The van der Waals surface area contributed by atoms with Gasteiger partial charge >= 0.3 is 5.25 Å². The van der Waals surface area contributed by atoms with E-state index in [1.165, 1.54) is 12.3 Å². The Morgan fingerprint density at radius 1 is 1.33 bits per heavy atom. The summed E-state index contributed by atoms with van der Waals surface area (Å²) in [6.45, 7) is 0. The monoisotopic (exact) mass is 228 g/mol. The number of halogens is 2. The van der Waals surface area contributed by atoms with E-state index in [1.807, 2.05) is 6.07 Å². The molecule has 80 valence electrons. The molecule has 4 heteroatoms. The summed E-state index contributed by atoms with van der Waals surface area (Å²) in [5.41, 5.74) is 0.725. The molecule has 0 N–H and O–H groups in total. The molecule has 0 saturated heterocycles. The fourth-order valence-electron chi connectivity index (χ4n) is 0.934. The van der Waals surface area contributed by atoms with Gasteiger partial charge in [0.1, 0.15) is 0 Å². The summed E-state index contributed by atoms with van der Waals surface area (Å²) in [6, 6.07) is 8.84. The van der Waals surface area contributed by atoms with Crippen LogP contribution in [0, 0.1) is 0 Å². The fraction of sp³-hybridized carbons (Fsp3) is 0.182. The molecule has 15 heavy (non-hydrogen) atoms. The van der Waals surface area contributed by atoms with E-state index < -0.39 is 11.0 Å². The standard InChI is InChI=1S/C11H10F2OS/c1-15-11(12,13)10(14)8-7-9-5-3-2-4-6-9/h2-8H,1H3. The Hall–Kier alpha value is -1.16. The molecule has 0 unspecified atom stereocenters. The van der Waals surface area contributed by atoms with Crippen LogP contribution in [-0.4, -0.2) is 17.3 Å². The Balaban J connectivity index is 2.71. The second-order valence-electron chi connectivity index (χ2n) is 2.83. The van der Waals surface area contributed by atoms with Gasteiger partial charge in [-0.3, -0.25) is 4.79 Å². The van der Waals surface area contributed by atoms with Gasteiger partial charge in [-0.1, -0.05) is 48.2 Å². The van der Waals surface area contributed by atoms with Gasteiger partial charge in [-0.05, 0) is 17.9 Å². The molecule has 0 spiro atoms. The molecule has 0 aliphatic carbocycles. The third kappa shape index (κ3) is 3.47. The summed E-state index contributed by atoms with van der Waals surface area (Å²) in [5, 5.41) is -3.33. The van der Waals surface area contributed by atoms with Gasteiger partial charge in [0, 0.05) is 0 Å². The van der Waals surface area contributed by atoms with E-state index in [0.29, 0.717) is 0 Å². The molecular weight excluding hydrogens is 218 g/mol. The molecule has 1 aromatic carbocycles. The lowest BCUT2D eigenvalue weighted by atomic mass is 10.2. The van der Waals surface area contributed by atoms with Crippen LogP contribution < -0.4 is 0 Å². The predicted molar refractivity (Wildman–Crippen MR) is 58.9 cm³/mol. The molecule has 0 aromatic heterocycles. The first-order valence-corrected chi connectivity index (χ1v) is 5.49. The summed E-state index contributed by atoms with van der Waals surface area (Å²) in [4.78, 5) is 11.0. The first-order valence-electron chi connectivity index (χ1n) is 4.27. The fourth-order valence-corrected chi connectivity index (χ4v) is 1.20. The second kappa shape index (κ2) is 5.07. The number of alkyl halides is 2. The van der Waals surface area contributed by atoms with Crippen molar-refractivity contribution in [3.8, 4) is 0 Å². The molecule has 0 saturated carbocycles. The number of allylic oxidation sites excluding steroid dienone is 1. The van der Waals surface area contributed by atoms with Crippen LogP contribution in [0.1, 0.15) is 5.56 Å².